The van der Waals surface area contributed by atoms with E-state index < -0.39 is 15.8 Å². The summed E-state index contributed by atoms with van der Waals surface area (Å²) >= 11 is 7.36. The number of thiazole rings is 1. The van der Waals surface area contributed by atoms with Crippen molar-refractivity contribution >= 4 is 49.7 Å². The molecule has 0 unspecified atom stereocenters. The molecule has 0 aliphatic rings. The molecule has 0 saturated carbocycles. The Bertz CT molecular complexity index is 1230. The average molecular weight is 470 g/mol. The molecule has 1 heterocycles. The molecule has 3 aromatic rings. The van der Waals surface area contributed by atoms with E-state index in [-0.39, 0.29) is 27.3 Å². The monoisotopic (exact) mass is 469 g/mol. The lowest BCUT2D eigenvalue weighted by molar-refractivity contribution is -0.114. The highest BCUT2D eigenvalue weighted by Crippen LogP contribution is 2.36. The predicted octanol–water partition coefficient (Wildman–Crippen LogP) is 4.68. The number of sulfonamides is 1. The Balaban J connectivity index is 1.97. The minimum atomic E-state index is -4.11. The molecular formula is C19H17ClFN3O4S2. The first kappa shape index (κ1) is 22.0. The lowest BCUT2D eigenvalue weighted by atomic mass is 10.2. The van der Waals surface area contributed by atoms with Gasteiger partial charge in [-0.05, 0) is 36.8 Å². The van der Waals surface area contributed by atoms with E-state index in [9.17, 15) is 17.6 Å². The van der Waals surface area contributed by atoms with Crippen molar-refractivity contribution in [3.8, 4) is 16.2 Å². The van der Waals surface area contributed by atoms with Crippen LogP contribution in [0.15, 0.2) is 41.3 Å². The molecule has 0 fully saturated rings. The number of carbonyl (C=O) groups excluding carboxylic acids is 1. The first-order valence-electron chi connectivity index (χ1n) is 8.52. The number of benzene rings is 2. The molecule has 0 aliphatic carbocycles. The highest BCUT2D eigenvalue weighted by molar-refractivity contribution is 7.92. The van der Waals surface area contributed by atoms with Gasteiger partial charge >= 0.3 is 0 Å². The number of carbonyl (C=O) groups is 1. The van der Waals surface area contributed by atoms with Gasteiger partial charge in [-0.2, -0.15) is 0 Å². The molecule has 2 N–H and O–H groups in total. The maximum Gasteiger partial charge on any atom is 0.263 e. The van der Waals surface area contributed by atoms with Gasteiger partial charge in [-0.15, -0.1) is 0 Å². The van der Waals surface area contributed by atoms with Gasteiger partial charge in [0.1, 0.15) is 4.90 Å². The van der Waals surface area contributed by atoms with Crippen LogP contribution in [-0.2, 0) is 14.8 Å². The summed E-state index contributed by atoms with van der Waals surface area (Å²) in [4.78, 5) is 16.0. The standard InChI is InChI=1S/C19H17ClFN3O4S2/c1-10-18(29-19(22-10)23-11(2)25)12-4-6-14(20)17(8-12)30(26,27)24-13-5-7-16(28-3)15(21)9-13/h4-9,24H,1-3H3,(H,22,23,25). The number of ether oxygens (including phenoxy) is 1. The highest BCUT2D eigenvalue weighted by Gasteiger charge is 2.21. The topological polar surface area (TPSA) is 97.4 Å². The van der Waals surface area contributed by atoms with Crippen LogP contribution in [0.4, 0.5) is 15.2 Å². The Labute approximate surface area is 181 Å². The van der Waals surface area contributed by atoms with Crippen LogP contribution >= 0.6 is 22.9 Å². The number of hydrogen-bond acceptors (Lipinski definition) is 6. The maximum atomic E-state index is 13.9. The Morgan fingerprint density at radius 1 is 1.23 bits per heavy atom. The number of halogens is 2. The summed E-state index contributed by atoms with van der Waals surface area (Å²) in [5.41, 5.74) is 1.21. The van der Waals surface area contributed by atoms with Crippen molar-refractivity contribution < 1.29 is 22.3 Å². The van der Waals surface area contributed by atoms with Gasteiger partial charge in [0, 0.05) is 13.0 Å². The number of hydrogen-bond donors (Lipinski definition) is 2. The first-order valence-corrected chi connectivity index (χ1v) is 11.2. The molecule has 1 aromatic heterocycles. The van der Waals surface area contributed by atoms with Crippen LogP contribution in [0.5, 0.6) is 5.75 Å². The zero-order valence-corrected chi connectivity index (χ0v) is 18.5. The van der Waals surface area contributed by atoms with Crippen LogP contribution in [0.1, 0.15) is 12.6 Å². The summed E-state index contributed by atoms with van der Waals surface area (Å²) in [7, 11) is -2.80. The van der Waals surface area contributed by atoms with E-state index in [4.69, 9.17) is 16.3 Å². The summed E-state index contributed by atoms with van der Waals surface area (Å²) in [5, 5.41) is 3.01. The molecule has 3 rings (SSSR count). The third kappa shape index (κ3) is 4.72. The van der Waals surface area contributed by atoms with E-state index in [1.54, 1.807) is 13.0 Å². The van der Waals surface area contributed by atoms with E-state index in [0.29, 0.717) is 21.3 Å². The second kappa shape index (κ2) is 8.58. The fourth-order valence-electron chi connectivity index (χ4n) is 2.66. The van der Waals surface area contributed by atoms with E-state index in [1.807, 2.05) is 0 Å². The fourth-order valence-corrected chi connectivity index (χ4v) is 5.24. The quantitative estimate of drug-likeness (QED) is 0.546. The normalized spacial score (nSPS) is 11.2. The van der Waals surface area contributed by atoms with Crippen LogP contribution in [0.25, 0.3) is 10.4 Å². The Morgan fingerprint density at radius 3 is 2.60 bits per heavy atom. The average Bonchev–Trinajstić information content (AvgIpc) is 3.01. The number of aryl methyl sites for hydroxylation is 1. The van der Waals surface area contributed by atoms with Crippen LogP contribution in [-0.4, -0.2) is 26.4 Å². The molecule has 30 heavy (non-hydrogen) atoms. The third-order valence-corrected chi connectivity index (χ3v) is 6.95. The van der Waals surface area contributed by atoms with Gasteiger partial charge in [0.05, 0.1) is 28.4 Å². The van der Waals surface area contributed by atoms with E-state index in [1.165, 1.54) is 49.6 Å². The Kier molecular flexibility index (Phi) is 6.30. The van der Waals surface area contributed by atoms with Crippen molar-refractivity contribution in [3.05, 3.63) is 52.9 Å². The SMILES string of the molecule is COc1ccc(NS(=O)(=O)c2cc(-c3sc(NC(C)=O)nc3C)ccc2Cl)cc1F. The Hall–Kier alpha value is -2.69. The number of rotatable bonds is 6. The molecule has 1 amide bonds. The van der Waals surface area contributed by atoms with Crippen LogP contribution in [0.2, 0.25) is 5.02 Å². The molecule has 0 bridgehead atoms. The van der Waals surface area contributed by atoms with Gasteiger partial charge in [0.15, 0.2) is 16.7 Å². The smallest absolute Gasteiger partial charge is 0.263 e. The molecular weight excluding hydrogens is 453 g/mol. The van der Waals surface area contributed by atoms with E-state index in [0.717, 1.165) is 6.07 Å². The molecule has 0 radical (unpaired) electrons. The minimum Gasteiger partial charge on any atom is -0.494 e. The second-order valence-electron chi connectivity index (χ2n) is 6.21. The Morgan fingerprint density at radius 2 is 1.97 bits per heavy atom. The lowest BCUT2D eigenvalue weighted by Crippen LogP contribution is -2.14. The number of aromatic nitrogens is 1. The van der Waals surface area contributed by atoms with Gasteiger partial charge in [0.2, 0.25) is 5.91 Å². The maximum absolute atomic E-state index is 13.9. The largest absolute Gasteiger partial charge is 0.494 e. The summed E-state index contributed by atoms with van der Waals surface area (Å²) in [6.45, 7) is 3.12. The van der Waals surface area contributed by atoms with Gasteiger partial charge < -0.3 is 10.1 Å². The lowest BCUT2D eigenvalue weighted by Gasteiger charge is -2.12. The van der Waals surface area contributed by atoms with E-state index in [2.05, 4.69) is 15.0 Å². The molecule has 11 heteroatoms. The van der Waals surface area contributed by atoms with Crippen molar-refractivity contribution in [2.24, 2.45) is 0 Å². The van der Waals surface area contributed by atoms with Crippen molar-refractivity contribution in [2.45, 2.75) is 18.7 Å². The summed E-state index contributed by atoms with van der Waals surface area (Å²) in [6, 6.07) is 8.23. The highest BCUT2D eigenvalue weighted by atomic mass is 35.5. The number of methoxy groups -OCH3 is 1. The third-order valence-electron chi connectivity index (χ3n) is 3.97. The predicted molar refractivity (Wildman–Crippen MR) is 115 cm³/mol. The number of anilines is 2. The van der Waals surface area contributed by atoms with Crippen LogP contribution < -0.4 is 14.8 Å². The zero-order valence-electron chi connectivity index (χ0n) is 16.1. The van der Waals surface area contributed by atoms with Gasteiger partial charge in [-0.1, -0.05) is 29.0 Å². The van der Waals surface area contributed by atoms with Crippen molar-refractivity contribution in [1.82, 2.24) is 4.98 Å². The van der Waals surface area contributed by atoms with Gasteiger partial charge in [0.25, 0.3) is 10.0 Å². The van der Waals surface area contributed by atoms with Crippen molar-refractivity contribution in [1.29, 1.82) is 0 Å². The fraction of sp³-hybridized carbons (Fsp3) is 0.158. The summed E-state index contributed by atoms with van der Waals surface area (Å²) in [6.07, 6.45) is 0. The molecule has 0 spiro atoms. The number of nitrogens with zero attached hydrogens (tertiary/aromatic N) is 1. The first-order chi connectivity index (χ1) is 14.1. The number of nitrogens with one attached hydrogen (secondary N) is 2. The van der Waals surface area contributed by atoms with Crippen molar-refractivity contribution in [2.75, 3.05) is 17.1 Å². The number of amides is 1. The van der Waals surface area contributed by atoms with Gasteiger partial charge in [-0.3, -0.25) is 9.52 Å². The molecule has 158 valence electrons. The van der Waals surface area contributed by atoms with E-state index >= 15 is 0 Å². The van der Waals surface area contributed by atoms with Crippen LogP contribution in [0, 0.1) is 12.7 Å². The summed E-state index contributed by atoms with van der Waals surface area (Å²) in [5.74, 6) is -0.970. The molecule has 0 saturated heterocycles. The minimum absolute atomic E-state index is 0.00415. The molecule has 0 atom stereocenters. The van der Waals surface area contributed by atoms with Crippen LogP contribution in [0.3, 0.4) is 0 Å². The van der Waals surface area contributed by atoms with Crippen molar-refractivity contribution in [3.63, 3.8) is 0 Å². The summed E-state index contributed by atoms with van der Waals surface area (Å²) < 4.78 is 46.8. The molecule has 2 aromatic carbocycles. The molecule has 0 aliphatic heterocycles. The molecule has 7 nitrogen and oxygen atoms in total. The zero-order chi connectivity index (χ0) is 22.1. The second-order valence-corrected chi connectivity index (χ2v) is 9.27. The van der Waals surface area contributed by atoms with Gasteiger partial charge in [-0.25, -0.2) is 17.8 Å².